The zero-order chi connectivity index (χ0) is 13.9. The molecule has 0 spiro atoms. The summed E-state index contributed by atoms with van der Waals surface area (Å²) in [6, 6.07) is 0.0160. The number of hydrogen-bond acceptors (Lipinski definition) is 5. The number of nitrogens with zero attached hydrogens (tertiary/aromatic N) is 1. The average Bonchev–Trinajstić information content (AvgIpc) is 2.88. The van der Waals surface area contributed by atoms with Gasteiger partial charge in [-0.05, 0) is 31.9 Å². The highest BCUT2D eigenvalue weighted by molar-refractivity contribution is 7.99. The van der Waals surface area contributed by atoms with Crippen LogP contribution in [0.2, 0.25) is 0 Å². The third-order valence-corrected chi connectivity index (χ3v) is 6.17. The maximum atomic E-state index is 12.2. The van der Waals surface area contributed by atoms with Crippen molar-refractivity contribution in [3.8, 4) is 0 Å². The zero-order valence-electron chi connectivity index (χ0n) is 10.9. The topological polar surface area (TPSA) is 101 Å². The Kier molecular flexibility index (Phi) is 4.88. The van der Waals surface area contributed by atoms with Crippen molar-refractivity contribution in [3.05, 3.63) is 11.8 Å². The molecular weight excluding hydrogens is 284 g/mol. The highest BCUT2D eigenvalue weighted by Gasteiger charge is 2.27. The fourth-order valence-corrected chi connectivity index (χ4v) is 4.56. The fraction of sp³-hybridized carbons (Fsp3) is 0.727. The zero-order valence-corrected chi connectivity index (χ0v) is 12.6. The van der Waals surface area contributed by atoms with Crippen LogP contribution in [0.5, 0.6) is 0 Å². The number of H-pyrrole nitrogens is 1. The molecule has 19 heavy (non-hydrogen) atoms. The van der Waals surface area contributed by atoms with Gasteiger partial charge in [0.1, 0.15) is 0 Å². The first-order chi connectivity index (χ1) is 9.06. The van der Waals surface area contributed by atoms with Gasteiger partial charge in [0.25, 0.3) is 10.0 Å². The lowest BCUT2D eigenvalue weighted by Crippen LogP contribution is -2.38. The molecule has 4 N–H and O–H groups in total. The van der Waals surface area contributed by atoms with Crippen LogP contribution in [0.15, 0.2) is 11.2 Å². The molecule has 0 bridgehead atoms. The van der Waals surface area contributed by atoms with Crippen molar-refractivity contribution in [2.24, 2.45) is 5.73 Å². The third-order valence-electron chi connectivity index (χ3n) is 3.50. The maximum absolute atomic E-state index is 12.2. The Morgan fingerprint density at radius 3 is 2.74 bits per heavy atom. The Morgan fingerprint density at radius 2 is 2.16 bits per heavy atom. The normalized spacial score (nSPS) is 24.5. The van der Waals surface area contributed by atoms with Crippen molar-refractivity contribution in [1.29, 1.82) is 0 Å². The van der Waals surface area contributed by atoms with Crippen LogP contribution in [0.4, 0.5) is 0 Å². The van der Waals surface area contributed by atoms with Gasteiger partial charge in [0, 0.05) is 23.4 Å². The van der Waals surface area contributed by atoms with Gasteiger partial charge in [-0.25, -0.2) is 13.1 Å². The standard InChI is InChI=1S/C11H20N4O2S2/c1-18-10-4-2-9(3-5-10)15-19(16,17)11-8(6-12)7-13-14-11/h7,9-10,15H,2-6,12H2,1H3,(H,13,14). The van der Waals surface area contributed by atoms with Crippen LogP contribution in [0.25, 0.3) is 0 Å². The molecule has 1 aromatic rings. The van der Waals surface area contributed by atoms with Crippen LogP contribution >= 0.6 is 11.8 Å². The Labute approximate surface area is 118 Å². The van der Waals surface area contributed by atoms with E-state index in [0.717, 1.165) is 25.7 Å². The van der Waals surface area contributed by atoms with Crippen LogP contribution in [0.3, 0.4) is 0 Å². The number of hydrogen-bond donors (Lipinski definition) is 3. The number of nitrogens with one attached hydrogen (secondary N) is 2. The number of rotatable bonds is 5. The molecule has 2 rings (SSSR count). The van der Waals surface area contributed by atoms with E-state index >= 15 is 0 Å². The highest BCUT2D eigenvalue weighted by atomic mass is 32.2. The van der Waals surface area contributed by atoms with E-state index in [-0.39, 0.29) is 17.6 Å². The summed E-state index contributed by atoms with van der Waals surface area (Å²) >= 11 is 1.86. The van der Waals surface area contributed by atoms with Crippen LogP contribution in [-0.2, 0) is 16.6 Å². The second-order valence-corrected chi connectivity index (χ2v) is 7.55. The van der Waals surface area contributed by atoms with Gasteiger partial charge >= 0.3 is 0 Å². The smallest absolute Gasteiger partial charge is 0.258 e. The Balaban J connectivity index is 2.02. The molecule has 8 heteroatoms. The first kappa shape index (κ1) is 14.8. The van der Waals surface area contributed by atoms with Gasteiger partial charge in [0.05, 0.1) is 6.20 Å². The van der Waals surface area contributed by atoms with E-state index in [1.807, 2.05) is 11.8 Å². The average molecular weight is 304 g/mol. The molecule has 1 saturated carbocycles. The predicted molar refractivity (Wildman–Crippen MR) is 76.4 cm³/mol. The Hall–Kier alpha value is -0.570. The van der Waals surface area contributed by atoms with Gasteiger partial charge in [-0.1, -0.05) is 0 Å². The van der Waals surface area contributed by atoms with Crippen molar-refractivity contribution < 1.29 is 8.42 Å². The molecule has 1 fully saturated rings. The summed E-state index contributed by atoms with van der Waals surface area (Å²) in [4.78, 5) is 0. The monoisotopic (exact) mass is 304 g/mol. The molecule has 0 aliphatic heterocycles. The molecule has 0 radical (unpaired) electrons. The SMILES string of the molecule is CSC1CCC(NS(=O)(=O)c2[nH]ncc2CN)CC1. The predicted octanol–water partition coefficient (Wildman–Crippen LogP) is 0.821. The number of thioether (sulfide) groups is 1. The van der Waals surface area contributed by atoms with E-state index in [1.54, 1.807) is 0 Å². The molecule has 6 nitrogen and oxygen atoms in total. The molecular formula is C11H20N4O2S2. The molecule has 0 aromatic carbocycles. The van der Waals surface area contributed by atoms with Gasteiger partial charge in [0.2, 0.25) is 0 Å². The minimum absolute atomic E-state index is 0.0160. The lowest BCUT2D eigenvalue weighted by molar-refractivity contribution is 0.419. The molecule has 1 aromatic heterocycles. The maximum Gasteiger partial charge on any atom is 0.258 e. The summed E-state index contributed by atoms with van der Waals surface area (Å²) in [7, 11) is -3.54. The summed E-state index contributed by atoms with van der Waals surface area (Å²) in [6.45, 7) is 0.159. The van der Waals surface area contributed by atoms with E-state index in [9.17, 15) is 8.42 Å². The van der Waals surface area contributed by atoms with Crippen LogP contribution in [0, 0.1) is 0 Å². The quantitative estimate of drug-likeness (QED) is 0.747. The first-order valence-corrected chi connectivity index (χ1v) is 9.11. The van der Waals surface area contributed by atoms with Gasteiger partial charge in [-0.15, -0.1) is 0 Å². The Morgan fingerprint density at radius 1 is 1.47 bits per heavy atom. The number of aromatic nitrogens is 2. The molecule has 1 heterocycles. The summed E-state index contributed by atoms with van der Waals surface area (Å²) in [5, 5.41) is 7.03. The third kappa shape index (κ3) is 3.50. The van der Waals surface area contributed by atoms with Gasteiger partial charge in [-0.2, -0.15) is 16.9 Å². The van der Waals surface area contributed by atoms with Crippen molar-refractivity contribution >= 4 is 21.8 Å². The van der Waals surface area contributed by atoms with E-state index < -0.39 is 10.0 Å². The lowest BCUT2D eigenvalue weighted by Gasteiger charge is -2.27. The van der Waals surface area contributed by atoms with E-state index in [1.165, 1.54) is 6.20 Å². The molecule has 0 amide bonds. The van der Waals surface area contributed by atoms with Gasteiger partial charge in [0.15, 0.2) is 5.03 Å². The summed E-state index contributed by atoms with van der Waals surface area (Å²) in [5.41, 5.74) is 6.02. The van der Waals surface area contributed by atoms with E-state index in [0.29, 0.717) is 10.8 Å². The van der Waals surface area contributed by atoms with Crippen LogP contribution in [0.1, 0.15) is 31.2 Å². The molecule has 108 valence electrons. The van der Waals surface area contributed by atoms with Crippen LogP contribution in [-0.4, -0.2) is 36.2 Å². The van der Waals surface area contributed by atoms with E-state index in [4.69, 9.17) is 5.73 Å². The minimum atomic E-state index is -3.54. The molecule has 0 atom stereocenters. The fourth-order valence-electron chi connectivity index (χ4n) is 2.37. The highest BCUT2D eigenvalue weighted by Crippen LogP contribution is 2.27. The summed E-state index contributed by atoms with van der Waals surface area (Å²) < 4.78 is 27.3. The molecule has 1 aliphatic rings. The number of aromatic amines is 1. The van der Waals surface area contributed by atoms with Gasteiger partial charge < -0.3 is 5.73 Å². The lowest BCUT2D eigenvalue weighted by atomic mass is 9.96. The second-order valence-electron chi connectivity index (χ2n) is 4.76. The van der Waals surface area contributed by atoms with Crippen LogP contribution < -0.4 is 10.5 Å². The first-order valence-electron chi connectivity index (χ1n) is 6.34. The largest absolute Gasteiger partial charge is 0.326 e. The minimum Gasteiger partial charge on any atom is -0.326 e. The number of nitrogens with two attached hydrogens (primary N) is 1. The van der Waals surface area contributed by atoms with Crippen molar-refractivity contribution in [2.75, 3.05) is 6.26 Å². The van der Waals surface area contributed by atoms with E-state index in [2.05, 4.69) is 21.2 Å². The second kappa shape index (κ2) is 6.25. The van der Waals surface area contributed by atoms with Crippen molar-refractivity contribution in [2.45, 2.75) is 48.5 Å². The molecule has 0 unspecified atom stereocenters. The van der Waals surface area contributed by atoms with Crippen molar-refractivity contribution in [3.63, 3.8) is 0 Å². The summed E-state index contributed by atoms with van der Waals surface area (Å²) in [5.74, 6) is 0. The van der Waals surface area contributed by atoms with Crippen molar-refractivity contribution in [1.82, 2.24) is 14.9 Å². The molecule has 1 aliphatic carbocycles. The molecule has 0 saturated heterocycles. The summed E-state index contributed by atoms with van der Waals surface area (Å²) in [6.07, 6.45) is 7.45. The van der Waals surface area contributed by atoms with Gasteiger partial charge in [-0.3, -0.25) is 5.10 Å². The number of sulfonamides is 1. The Bertz CT molecular complexity index is 507.